The molecule has 1 atom stereocenters. The lowest BCUT2D eigenvalue weighted by Gasteiger charge is -2.32. The van der Waals surface area contributed by atoms with Crippen molar-refractivity contribution in [2.24, 2.45) is 0 Å². The average Bonchev–Trinajstić information content (AvgIpc) is 2.95. The first-order chi connectivity index (χ1) is 18.7. The number of anilines is 1. The molecule has 1 N–H and O–H groups in total. The second-order valence-electron chi connectivity index (χ2n) is 9.28. The van der Waals surface area contributed by atoms with Gasteiger partial charge in [0.25, 0.3) is 10.0 Å². The van der Waals surface area contributed by atoms with E-state index in [0.717, 1.165) is 28.3 Å². The van der Waals surface area contributed by atoms with E-state index >= 15 is 0 Å². The number of nitrogens with zero attached hydrogens (tertiary/aromatic N) is 2. The van der Waals surface area contributed by atoms with Crippen LogP contribution in [0.4, 0.5) is 5.69 Å². The normalized spacial score (nSPS) is 12.0. The van der Waals surface area contributed by atoms with E-state index < -0.39 is 28.5 Å². The summed E-state index contributed by atoms with van der Waals surface area (Å²) in [5.41, 5.74) is 2.00. The van der Waals surface area contributed by atoms with E-state index in [1.165, 1.54) is 17.0 Å². The van der Waals surface area contributed by atoms with Gasteiger partial charge in [-0.3, -0.25) is 13.9 Å². The zero-order chi connectivity index (χ0) is 28.4. The predicted molar refractivity (Wildman–Crippen MR) is 156 cm³/mol. The Morgan fingerprint density at radius 1 is 0.923 bits per heavy atom. The highest BCUT2D eigenvalue weighted by atomic mass is 35.5. The quantitative estimate of drug-likeness (QED) is 0.278. The van der Waals surface area contributed by atoms with Gasteiger partial charge in [-0.2, -0.15) is 0 Å². The zero-order valence-electron chi connectivity index (χ0n) is 22.6. The van der Waals surface area contributed by atoms with E-state index in [4.69, 9.17) is 11.6 Å². The number of nitrogens with one attached hydrogen (secondary N) is 1. The maximum atomic E-state index is 14.0. The monoisotopic (exact) mass is 569 g/mol. The molecule has 0 bridgehead atoms. The van der Waals surface area contributed by atoms with Gasteiger partial charge >= 0.3 is 0 Å². The molecule has 2 amide bonds. The van der Waals surface area contributed by atoms with Crippen LogP contribution in [0.5, 0.6) is 0 Å². The third-order valence-corrected chi connectivity index (χ3v) is 8.54. The largest absolute Gasteiger partial charge is 0.354 e. The van der Waals surface area contributed by atoms with Crippen molar-refractivity contribution in [2.75, 3.05) is 17.4 Å². The highest BCUT2D eigenvalue weighted by Crippen LogP contribution is 2.28. The van der Waals surface area contributed by atoms with Crippen molar-refractivity contribution in [3.63, 3.8) is 0 Å². The molecule has 0 fully saturated rings. The molecule has 0 heterocycles. The zero-order valence-corrected chi connectivity index (χ0v) is 24.2. The summed E-state index contributed by atoms with van der Waals surface area (Å²) in [6.07, 6.45) is 2.32. The molecule has 0 aliphatic carbocycles. The van der Waals surface area contributed by atoms with Gasteiger partial charge in [0.2, 0.25) is 11.8 Å². The van der Waals surface area contributed by atoms with Crippen molar-refractivity contribution in [3.05, 3.63) is 95.0 Å². The SMILES string of the molecule is CCCCNC(=O)[C@H](C)N(Cc1ccc(Cl)cc1)C(=O)CN(c1ccccc1CC)S(=O)(=O)c1ccccc1. The van der Waals surface area contributed by atoms with Crippen LogP contribution in [-0.4, -0.2) is 44.3 Å². The van der Waals surface area contributed by atoms with Crippen LogP contribution in [0, 0.1) is 0 Å². The van der Waals surface area contributed by atoms with Gasteiger partial charge in [0.1, 0.15) is 12.6 Å². The highest BCUT2D eigenvalue weighted by molar-refractivity contribution is 7.92. The molecule has 9 heteroatoms. The molecule has 39 heavy (non-hydrogen) atoms. The number of aryl methyl sites for hydroxylation is 1. The van der Waals surface area contributed by atoms with E-state index in [-0.39, 0.29) is 17.3 Å². The Hall–Kier alpha value is -3.36. The van der Waals surface area contributed by atoms with Crippen molar-refractivity contribution in [1.29, 1.82) is 0 Å². The number of amides is 2. The molecule has 0 unspecified atom stereocenters. The summed E-state index contributed by atoms with van der Waals surface area (Å²) in [6.45, 7) is 5.78. The maximum Gasteiger partial charge on any atom is 0.264 e. The first-order valence-electron chi connectivity index (χ1n) is 13.2. The summed E-state index contributed by atoms with van der Waals surface area (Å²) in [5, 5.41) is 3.44. The average molecular weight is 570 g/mol. The van der Waals surface area contributed by atoms with Crippen molar-refractivity contribution in [2.45, 2.75) is 57.5 Å². The molecule has 208 valence electrons. The molecule has 0 saturated heterocycles. The van der Waals surface area contributed by atoms with E-state index in [1.807, 2.05) is 26.0 Å². The molecule has 7 nitrogen and oxygen atoms in total. The number of hydrogen-bond acceptors (Lipinski definition) is 4. The Morgan fingerprint density at radius 3 is 2.21 bits per heavy atom. The number of para-hydroxylation sites is 1. The van der Waals surface area contributed by atoms with E-state index in [9.17, 15) is 18.0 Å². The van der Waals surface area contributed by atoms with Gasteiger partial charge in [0.05, 0.1) is 10.6 Å². The summed E-state index contributed by atoms with van der Waals surface area (Å²) in [4.78, 5) is 28.5. The smallest absolute Gasteiger partial charge is 0.264 e. The van der Waals surface area contributed by atoms with Crippen LogP contribution in [0.2, 0.25) is 5.02 Å². The van der Waals surface area contributed by atoms with E-state index in [2.05, 4.69) is 5.32 Å². The molecule has 3 aromatic carbocycles. The third kappa shape index (κ3) is 7.83. The number of rotatable bonds is 13. The molecule has 0 saturated carbocycles. The lowest BCUT2D eigenvalue weighted by atomic mass is 10.1. The van der Waals surface area contributed by atoms with E-state index in [1.54, 1.807) is 61.5 Å². The Morgan fingerprint density at radius 2 is 1.56 bits per heavy atom. The number of halogens is 1. The van der Waals surface area contributed by atoms with Gasteiger partial charge in [-0.15, -0.1) is 0 Å². The van der Waals surface area contributed by atoms with Gasteiger partial charge in [0.15, 0.2) is 0 Å². The summed E-state index contributed by atoms with van der Waals surface area (Å²) in [5.74, 6) is -0.786. The summed E-state index contributed by atoms with van der Waals surface area (Å²) >= 11 is 6.05. The van der Waals surface area contributed by atoms with Crippen molar-refractivity contribution in [3.8, 4) is 0 Å². The Labute approximate surface area is 236 Å². The van der Waals surface area contributed by atoms with Gasteiger partial charge in [0, 0.05) is 18.1 Å². The molecular formula is C30H36ClN3O4S. The van der Waals surface area contributed by atoms with Gasteiger partial charge in [-0.25, -0.2) is 8.42 Å². The maximum absolute atomic E-state index is 14.0. The second-order valence-corrected chi connectivity index (χ2v) is 11.6. The van der Waals surface area contributed by atoms with Gasteiger partial charge in [-0.1, -0.05) is 80.4 Å². The van der Waals surface area contributed by atoms with Crippen molar-refractivity contribution in [1.82, 2.24) is 10.2 Å². The molecule has 0 aliphatic rings. The molecule has 0 radical (unpaired) electrons. The molecule has 0 aromatic heterocycles. The number of sulfonamides is 1. The predicted octanol–water partition coefficient (Wildman–Crippen LogP) is 5.43. The van der Waals surface area contributed by atoms with Crippen LogP contribution < -0.4 is 9.62 Å². The van der Waals surface area contributed by atoms with Crippen molar-refractivity contribution < 1.29 is 18.0 Å². The van der Waals surface area contributed by atoms with Crippen LogP contribution in [-0.2, 0) is 32.6 Å². The lowest BCUT2D eigenvalue weighted by molar-refractivity contribution is -0.139. The number of unbranched alkanes of at least 4 members (excludes halogenated alkanes) is 1. The Balaban J connectivity index is 2.02. The number of carbonyl (C=O) groups excluding carboxylic acids is 2. The van der Waals surface area contributed by atoms with E-state index in [0.29, 0.717) is 23.7 Å². The fourth-order valence-electron chi connectivity index (χ4n) is 4.19. The van der Waals surface area contributed by atoms with Crippen LogP contribution in [0.1, 0.15) is 44.7 Å². The molecular weight excluding hydrogens is 534 g/mol. The molecule has 0 aliphatic heterocycles. The van der Waals surface area contributed by atoms with Crippen LogP contribution in [0.25, 0.3) is 0 Å². The van der Waals surface area contributed by atoms with Gasteiger partial charge in [-0.05, 0) is 61.2 Å². The van der Waals surface area contributed by atoms with Crippen LogP contribution >= 0.6 is 11.6 Å². The number of hydrogen-bond donors (Lipinski definition) is 1. The standard InChI is InChI=1S/C30H36ClN3O4S/c1-4-6-20-32-30(36)23(3)33(21-24-16-18-26(31)19-17-24)29(35)22-34(28-15-11-10-12-25(28)5-2)39(37,38)27-13-8-7-9-14-27/h7-19,23H,4-6,20-22H2,1-3H3,(H,32,36)/t23-/m0/s1. The van der Waals surface area contributed by atoms with Crippen LogP contribution in [0.3, 0.4) is 0 Å². The molecule has 3 rings (SSSR count). The lowest BCUT2D eigenvalue weighted by Crippen LogP contribution is -2.51. The highest BCUT2D eigenvalue weighted by Gasteiger charge is 2.33. The minimum Gasteiger partial charge on any atom is -0.354 e. The number of carbonyl (C=O) groups is 2. The first kappa shape index (κ1) is 30.2. The minimum absolute atomic E-state index is 0.0818. The Bertz CT molecular complexity index is 1350. The van der Waals surface area contributed by atoms with Crippen molar-refractivity contribution >= 4 is 39.1 Å². The third-order valence-electron chi connectivity index (χ3n) is 6.51. The summed E-state index contributed by atoms with van der Waals surface area (Å²) in [7, 11) is -4.09. The fourth-order valence-corrected chi connectivity index (χ4v) is 5.79. The topological polar surface area (TPSA) is 86.8 Å². The fraction of sp³-hybridized carbons (Fsp3) is 0.333. The summed E-state index contributed by atoms with van der Waals surface area (Å²) < 4.78 is 28.9. The molecule has 0 spiro atoms. The molecule has 3 aromatic rings. The summed E-state index contributed by atoms with van der Waals surface area (Å²) in [6, 6.07) is 21.4. The number of benzene rings is 3. The van der Waals surface area contributed by atoms with Gasteiger partial charge < -0.3 is 10.2 Å². The second kappa shape index (κ2) is 14.1. The minimum atomic E-state index is -4.09. The Kier molecular flexibility index (Phi) is 10.9. The first-order valence-corrected chi connectivity index (χ1v) is 15.0. The van der Waals surface area contributed by atoms with Crippen LogP contribution in [0.15, 0.2) is 83.8 Å².